The third kappa shape index (κ3) is 2.97. The van der Waals surface area contributed by atoms with Crippen molar-refractivity contribution in [1.29, 1.82) is 0 Å². The smallest absolute Gasteiger partial charge is 0.311 e. The van der Waals surface area contributed by atoms with Crippen LogP contribution in [-0.2, 0) is 19.4 Å². The number of sulfone groups is 1. The Morgan fingerprint density at radius 3 is 2.55 bits per heavy atom. The van der Waals surface area contributed by atoms with E-state index in [1.807, 2.05) is 6.92 Å². The summed E-state index contributed by atoms with van der Waals surface area (Å²) < 4.78 is 22.8. The van der Waals surface area contributed by atoms with Crippen molar-refractivity contribution in [3.8, 4) is 0 Å². The van der Waals surface area contributed by atoms with Gasteiger partial charge >= 0.3 is 5.97 Å². The summed E-state index contributed by atoms with van der Waals surface area (Å²) in [5.74, 6) is -0.806. The summed E-state index contributed by atoms with van der Waals surface area (Å²) >= 11 is 0. The van der Waals surface area contributed by atoms with Crippen LogP contribution in [0.1, 0.15) is 32.6 Å². The number of nitrogens with zero attached hydrogens (tertiary/aromatic N) is 1. The molecule has 0 aromatic carbocycles. The van der Waals surface area contributed by atoms with Crippen molar-refractivity contribution < 1.29 is 23.1 Å². The molecule has 1 N–H and O–H groups in total. The molecule has 7 heteroatoms. The molecular weight excluding hydrogens is 282 g/mol. The molecule has 0 aliphatic carbocycles. The zero-order chi connectivity index (χ0) is 15.0. The highest BCUT2D eigenvalue weighted by molar-refractivity contribution is 7.91. The lowest BCUT2D eigenvalue weighted by Crippen LogP contribution is -2.37. The van der Waals surface area contributed by atoms with Crippen LogP contribution in [0.15, 0.2) is 0 Å². The van der Waals surface area contributed by atoms with Crippen molar-refractivity contribution in [1.82, 2.24) is 4.90 Å². The summed E-state index contributed by atoms with van der Waals surface area (Å²) in [6.07, 6.45) is 1.75. The average molecular weight is 303 g/mol. The maximum absolute atomic E-state index is 12.2. The van der Waals surface area contributed by atoms with Crippen LogP contribution >= 0.6 is 0 Å². The number of carboxylic acid groups (broad SMARTS) is 1. The molecular formula is C13H21NO5S. The Morgan fingerprint density at radius 2 is 2.10 bits per heavy atom. The van der Waals surface area contributed by atoms with Gasteiger partial charge in [-0.3, -0.25) is 9.59 Å². The number of aliphatic carboxylic acids is 1. The van der Waals surface area contributed by atoms with Crippen molar-refractivity contribution in [2.75, 3.05) is 24.6 Å². The number of likely N-dealkylation sites (tertiary alicyclic amines) is 1. The largest absolute Gasteiger partial charge is 0.481 e. The van der Waals surface area contributed by atoms with Gasteiger partial charge in [-0.1, -0.05) is 6.92 Å². The second kappa shape index (κ2) is 5.35. The average Bonchev–Trinajstić information content (AvgIpc) is 2.94. The van der Waals surface area contributed by atoms with Crippen molar-refractivity contribution in [3.63, 3.8) is 0 Å². The Labute approximate surface area is 119 Å². The van der Waals surface area contributed by atoms with E-state index in [1.54, 1.807) is 4.90 Å². The van der Waals surface area contributed by atoms with Gasteiger partial charge in [0.25, 0.3) is 0 Å². The number of carbonyl (C=O) groups is 2. The molecule has 2 rings (SSSR count). The summed E-state index contributed by atoms with van der Waals surface area (Å²) in [5, 5.41) is 9.30. The molecule has 2 heterocycles. The lowest BCUT2D eigenvalue weighted by atomic mass is 9.84. The highest BCUT2D eigenvalue weighted by Crippen LogP contribution is 2.35. The van der Waals surface area contributed by atoms with Crippen LogP contribution < -0.4 is 0 Å². The molecule has 0 spiro atoms. The number of amides is 1. The Kier molecular flexibility index (Phi) is 4.09. The maximum Gasteiger partial charge on any atom is 0.311 e. The van der Waals surface area contributed by atoms with Gasteiger partial charge in [0.1, 0.15) is 0 Å². The standard InChI is InChI=1S/C13H21NO5S/c1-2-13(12(16)17)4-5-14(9-13)11(15)7-10-3-6-20(18,19)8-10/h10H,2-9H2,1H3,(H,16,17). The van der Waals surface area contributed by atoms with Gasteiger partial charge in [-0.05, 0) is 25.2 Å². The highest BCUT2D eigenvalue weighted by Gasteiger charge is 2.45. The van der Waals surface area contributed by atoms with Crippen LogP contribution in [-0.4, -0.2) is 54.9 Å². The number of hydrogen-bond donors (Lipinski definition) is 1. The normalized spacial score (nSPS) is 32.5. The first-order valence-electron chi connectivity index (χ1n) is 6.99. The molecule has 114 valence electrons. The van der Waals surface area contributed by atoms with Gasteiger partial charge in [0, 0.05) is 19.5 Å². The third-order valence-corrected chi connectivity index (χ3v) is 6.46. The van der Waals surface area contributed by atoms with Crippen molar-refractivity contribution >= 4 is 21.7 Å². The Balaban J connectivity index is 1.94. The molecule has 2 atom stereocenters. The minimum Gasteiger partial charge on any atom is -0.481 e. The second-order valence-corrected chi connectivity index (χ2v) is 8.21. The van der Waals surface area contributed by atoms with Crippen LogP contribution in [0.2, 0.25) is 0 Å². The lowest BCUT2D eigenvalue weighted by Gasteiger charge is -2.23. The summed E-state index contributed by atoms with van der Waals surface area (Å²) in [7, 11) is -2.97. The fourth-order valence-corrected chi connectivity index (χ4v) is 4.97. The van der Waals surface area contributed by atoms with E-state index >= 15 is 0 Å². The molecule has 2 unspecified atom stereocenters. The second-order valence-electron chi connectivity index (χ2n) is 5.98. The first-order chi connectivity index (χ1) is 9.28. The van der Waals surface area contributed by atoms with Gasteiger partial charge in [-0.25, -0.2) is 8.42 Å². The summed E-state index contributed by atoms with van der Waals surface area (Å²) in [6, 6.07) is 0. The monoisotopic (exact) mass is 303 g/mol. The zero-order valence-corrected chi connectivity index (χ0v) is 12.5. The van der Waals surface area contributed by atoms with E-state index in [0.29, 0.717) is 25.8 Å². The van der Waals surface area contributed by atoms with E-state index in [1.165, 1.54) is 0 Å². The number of carboxylic acids is 1. The Hall–Kier alpha value is -1.11. The highest BCUT2D eigenvalue weighted by atomic mass is 32.2. The van der Waals surface area contributed by atoms with Gasteiger partial charge in [-0.2, -0.15) is 0 Å². The van der Waals surface area contributed by atoms with E-state index in [0.717, 1.165) is 0 Å². The summed E-state index contributed by atoms with van der Waals surface area (Å²) in [4.78, 5) is 25.1. The summed E-state index contributed by atoms with van der Waals surface area (Å²) in [5.41, 5.74) is -0.822. The molecule has 0 aromatic rings. The van der Waals surface area contributed by atoms with E-state index in [4.69, 9.17) is 0 Å². The molecule has 0 bridgehead atoms. The van der Waals surface area contributed by atoms with Crippen LogP contribution in [0.25, 0.3) is 0 Å². The minimum atomic E-state index is -2.97. The molecule has 2 aliphatic heterocycles. The Morgan fingerprint density at radius 1 is 1.40 bits per heavy atom. The first kappa shape index (κ1) is 15.3. The Bertz CT molecular complexity index is 515. The molecule has 0 radical (unpaired) electrons. The quantitative estimate of drug-likeness (QED) is 0.817. The fraction of sp³-hybridized carbons (Fsp3) is 0.846. The topological polar surface area (TPSA) is 91.8 Å². The van der Waals surface area contributed by atoms with Crippen LogP contribution in [0.3, 0.4) is 0 Å². The lowest BCUT2D eigenvalue weighted by molar-refractivity contribution is -0.148. The van der Waals surface area contributed by atoms with E-state index < -0.39 is 21.2 Å². The molecule has 0 saturated carbocycles. The van der Waals surface area contributed by atoms with Gasteiger partial charge < -0.3 is 10.0 Å². The van der Waals surface area contributed by atoms with E-state index in [9.17, 15) is 23.1 Å². The fourth-order valence-electron chi connectivity index (χ4n) is 3.11. The van der Waals surface area contributed by atoms with Gasteiger partial charge in [-0.15, -0.1) is 0 Å². The SMILES string of the molecule is CCC1(C(=O)O)CCN(C(=O)CC2CCS(=O)(=O)C2)C1. The first-order valence-corrected chi connectivity index (χ1v) is 8.82. The predicted molar refractivity (Wildman–Crippen MR) is 72.9 cm³/mol. The minimum absolute atomic E-state index is 0.0877. The molecule has 2 fully saturated rings. The van der Waals surface area contributed by atoms with Crippen molar-refractivity contribution in [3.05, 3.63) is 0 Å². The van der Waals surface area contributed by atoms with Gasteiger partial charge in [0.05, 0.1) is 16.9 Å². The van der Waals surface area contributed by atoms with E-state index in [2.05, 4.69) is 0 Å². The third-order valence-electron chi connectivity index (χ3n) is 4.63. The number of hydrogen-bond acceptors (Lipinski definition) is 4. The molecule has 2 saturated heterocycles. The van der Waals surface area contributed by atoms with Gasteiger partial charge in [0.2, 0.25) is 5.91 Å². The van der Waals surface area contributed by atoms with E-state index in [-0.39, 0.29) is 36.3 Å². The molecule has 6 nitrogen and oxygen atoms in total. The zero-order valence-electron chi connectivity index (χ0n) is 11.7. The molecule has 20 heavy (non-hydrogen) atoms. The van der Waals surface area contributed by atoms with Crippen molar-refractivity contribution in [2.24, 2.45) is 11.3 Å². The van der Waals surface area contributed by atoms with Gasteiger partial charge in [0.15, 0.2) is 9.84 Å². The molecule has 1 amide bonds. The molecule has 0 aromatic heterocycles. The molecule has 2 aliphatic rings. The predicted octanol–water partition coefficient (Wildman–Crippen LogP) is 0.524. The van der Waals surface area contributed by atoms with Crippen LogP contribution in [0.5, 0.6) is 0 Å². The number of carbonyl (C=O) groups excluding carboxylic acids is 1. The maximum atomic E-state index is 12.2. The van der Waals surface area contributed by atoms with Crippen LogP contribution in [0, 0.1) is 11.3 Å². The van der Waals surface area contributed by atoms with Crippen molar-refractivity contribution in [2.45, 2.75) is 32.6 Å². The summed E-state index contributed by atoms with van der Waals surface area (Å²) in [6.45, 7) is 2.53. The number of rotatable bonds is 4. The van der Waals surface area contributed by atoms with Crippen LogP contribution in [0.4, 0.5) is 0 Å².